The summed E-state index contributed by atoms with van der Waals surface area (Å²) in [7, 11) is 0. The van der Waals surface area contributed by atoms with E-state index < -0.39 is 0 Å². The maximum absolute atomic E-state index is 13.3. The lowest BCUT2D eigenvalue weighted by molar-refractivity contribution is 0.0304. The van der Waals surface area contributed by atoms with Crippen molar-refractivity contribution in [3.05, 3.63) is 71.7 Å². The summed E-state index contributed by atoms with van der Waals surface area (Å²) in [6, 6.07) is 14.9. The number of hydrogen-bond donors (Lipinski definition) is 0. The van der Waals surface area contributed by atoms with Gasteiger partial charge in [0.2, 0.25) is 0 Å². The zero-order chi connectivity index (χ0) is 19.3. The Hall–Kier alpha value is -2.66. The fourth-order valence-corrected chi connectivity index (χ4v) is 3.84. The monoisotopic (exact) mass is 380 g/mol. The molecule has 3 aromatic rings. The molecular formula is C23H25FN2O2. The van der Waals surface area contributed by atoms with Gasteiger partial charge < -0.3 is 14.2 Å². The topological polar surface area (TPSA) is 34.5 Å². The molecule has 0 N–H and O–H groups in total. The molecule has 0 spiro atoms. The Kier molecular flexibility index (Phi) is 5.72. The number of amides is 1. The van der Waals surface area contributed by atoms with Crippen molar-refractivity contribution >= 4 is 16.8 Å². The van der Waals surface area contributed by atoms with Gasteiger partial charge in [0.05, 0.1) is 18.8 Å². The smallest absolute Gasteiger partial charge is 0.256 e. The Labute approximate surface area is 164 Å². The number of morpholine rings is 1. The number of carbonyl (C=O) groups excluding carboxylic acids is 1. The van der Waals surface area contributed by atoms with E-state index in [0.717, 1.165) is 47.8 Å². The van der Waals surface area contributed by atoms with Crippen molar-refractivity contribution in [2.75, 3.05) is 26.3 Å². The van der Waals surface area contributed by atoms with Gasteiger partial charge in [-0.05, 0) is 43.0 Å². The third-order valence-corrected chi connectivity index (χ3v) is 5.32. The first kappa shape index (κ1) is 18.7. The van der Waals surface area contributed by atoms with E-state index in [1.165, 1.54) is 6.07 Å². The minimum absolute atomic E-state index is 0.0815. The molecule has 0 saturated carbocycles. The van der Waals surface area contributed by atoms with Crippen molar-refractivity contribution in [1.82, 2.24) is 9.47 Å². The number of ether oxygens (including phenoxy) is 1. The summed E-state index contributed by atoms with van der Waals surface area (Å²) in [5.41, 5.74) is 2.88. The fraction of sp³-hybridized carbons (Fsp3) is 0.348. The number of rotatable bonds is 6. The van der Waals surface area contributed by atoms with Crippen molar-refractivity contribution in [1.29, 1.82) is 0 Å². The molecule has 0 unspecified atom stereocenters. The third kappa shape index (κ3) is 4.09. The first-order valence-electron chi connectivity index (χ1n) is 9.92. The lowest BCUT2D eigenvalue weighted by Gasteiger charge is -2.26. The van der Waals surface area contributed by atoms with E-state index in [1.807, 2.05) is 35.4 Å². The van der Waals surface area contributed by atoms with E-state index in [1.54, 1.807) is 12.1 Å². The number of hydrogen-bond acceptors (Lipinski definition) is 2. The van der Waals surface area contributed by atoms with Crippen LogP contribution in [-0.2, 0) is 17.7 Å². The minimum Gasteiger partial charge on any atom is -0.378 e. The summed E-state index contributed by atoms with van der Waals surface area (Å²) in [6.07, 6.45) is 4.80. The molecular weight excluding hydrogens is 355 g/mol. The molecule has 0 atom stereocenters. The molecule has 1 aliphatic rings. The molecule has 1 aliphatic heterocycles. The number of halogens is 1. The number of carbonyl (C=O) groups is 1. The molecule has 0 aliphatic carbocycles. The van der Waals surface area contributed by atoms with Crippen LogP contribution in [0, 0.1) is 5.82 Å². The number of aryl methyl sites for hydroxylation is 2. The molecule has 2 heterocycles. The first-order valence-corrected chi connectivity index (χ1v) is 9.92. The summed E-state index contributed by atoms with van der Waals surface area (Å²) < 4.78 is 20.8. The van der Waals surface area contributed by atoms with Gasteiger partial charge in [-0.1, -0.05) is 30.3 Å². The van der Waals surface area contributed by atoms with E-state index in [2.05, 4.69) is 10.6 Å². The number of unbranched alkanes of at least 4 members (excludes halogenated alkanes) is 1. The maximum Gasteiger partial charge on any atom is 0.256 e. The molecule has 5 heteroatoms. The predicted octanol–water partition coefficient (Wildman–Crippen LogP) is 4.28. The molecule has 146 valence electrons. The van der Waals surface area contributed by atoms with Crippen LogP contribution in [0.15, 0.2) is 54.7 Å². The summed E-state index contributed by atoms with van der Waals surface area (Å²) >= 11 is 0. The lowest BCUT2D eigenvalue weighted by Crippen LogP contribution is -2.40. The summed E-state index contributed by atoms with van der Waals surface area (Å²) in [5, 5.41) is 1.00. The van der Waals surface area contributed by atoms with Gasteiger partial charge >= 0.3 is 0 Å². The number of fused-ring (bicyclic) bond motifs is 1. The van der Waals surface area contributed by atoms with Crippen LogP contribution in [0.5, 0.6) is 0 Å². The SMILES string of the molecule is O=C(c1cn(CCCCc2cccc(F)c2)c2ccccc12)N1CCOCC1. The van der Waals surface area contributed by atoms with Crippen LogP contribution in [0.25, 0.3) is 10.9 Å². The molecule has 28 heavy (non-hydrogen) atoms. The number of para-hydroxylation sites is 1. The summed E-state index contributed by atoms with van der Waals surface area (Å²) in [4.78, 5) is 14.9. The highest BCUT2D eigenvalue weighted by Gasteiger charge is 2.22. The Morgan fingerprint density at radius 1 is 1.04 bits per heavy atom. The van der Waals surface area contributed by atoms with Crippen molar-refractivity contribution < 1.29 is 13.9 Å². The number of aromatic nitrogens is 1. The molecule has 1 fully saturated rings. The highest BCUT2D eigenvalue weighted by molar-refractivity contribution is 6.07. The summed E-state index contributed by atoms with van der Waals surface area (Å²) in [6.45, 7) is 3.33. The van der Waals surface area contributed by atoms with Crippen LogP contribution in [0.1, 0.15) is 28.8 Å². The van der Waals surface area contributed by atoms with Gasteiger partial charge in [-0.15, -0.1) is 0 Å². The van der Waals surface area contributed by atoms with Gasteiger partial charge in [-0.25, -0.2) is 4.39 Å². The Morgan fingerprint density at radius 3 is 2.68 bits per heavy atom. The molecule has 0 bridgehead atoms. The Balaban J connectivity index is 1.46. The quantitative estimate of drug-likeness (QED) is 0.599. The fourth-order valence-electron chi connectivity index (χ4n) is 3.84. The molecule has 1 amide bonds. The van der Waals surface area contributed by atoms with E-state index >= 15 is 0 Å². The van der Waals surface area contributed by atoms with Crippen molar-refractivity contribution in [3.63, 3.8) is 0 Å². The second kappa shape index (κ2) is 8.57. The highest BCUT2D eigenvalue weighted by Crippen LogP contribution is 2.24. The second-order valence-corrected chi connectivity index (χ2v) is 7.24. The molecule has 1 saturated heterocycles. The molecule has 4 rings (SSSR count). The predicted molar refractivity (Wildman–Crippen MR) is 108 cm³/mol. The molecule has 2 aromatic carbocycles. The van der Waals surface area contributed by atoms with E-state index in [9.17, 15) is 9.18 Å². The van der Waals surface area contributed by atoms with E-state index in [-0.39, 0.29) is 11.7 Å². The van der Waals surface area contributed by atoms with Crippen LogP contribution in [0.4, 0.5) is 4.39 Å². The third-order valence-electron chi connectivity index (χ3n) is 5.32. The second-order valence-electron chi connectivity index (χ2n) is 7.24. The standard InChI is InChI=1S/C23H25FN2O2/c24-19-8-5-7-18(16-19)6-3-4-11-26-17-21(20-9-1-2-10-22(20)26)23(27)25-12-14-28-15-13-25/h1-2,5,7-10,16-17H,3-4,6,11-15H2. The normalized spacial score (nSPS) is 14.5. The van der Waals surface area contributed by atoms with Crippen molar-refractivity contribution in [2.24, 2.45) is 0 Å². The minimum atomic E-state index is -0.180. The van der Waals surface area contributed by atoms with Gasteiger partial charge in [0.15, 0.2) is 0 Å². The van der Waals surface area contributed by atoms with Crippen LogP contribution in [-0.4, -0.2) is 41.7 Å². The lowest BCUT2D eigenvalue weighted by atomic mass is 10.1. The van der Waals surface area contributed by atoms with Gasteiger partial charge in [0.1, 0.15) is 5.82 Å². The molecule has 0 radical (unpaired) electrons. The van der Waals surface area contributed by atoms with Crippen LogP contribution in [0.2, 0.25) is 0 Å². The van der Waals surface area contributed by atoms with E-state index in [0.29, 0.717) is 26.3 Å². The van der Waals surface area contributed by atoms with Crippen LogP contribution < -0.4 is 0 Å². The zero-order valence-corrected chi connectivity index (χ0v) is 15.9. The van der Waals surface area contributed by atoms with Crippen LogP contribution >= 0.6 is 0 Å². The summed E-state index contributed by atoms with van der Waals surface area (Å²) in [5.74, 6) is -0.0989. The Morgan fingerprint density at radius 2 is 1.86 bits per heavy atom. The van der Waals surface area contributed by atoms with Crippen molar-refractivity contribution in [3.8, 4) is 0 Å². The average Bonchev–Trinajstić information content (AvgIpc) is 3.10. The van der Waals surface area contributed by atoms with Gasteiger partial charge in [0.25, 0.3) is 5.91 Å². The Bertz CT molecular complexity index is 960. The van der Waals surface area contributed by atoms with Crippen molar-refractivity contribution in [2.45, 2.75) is 25.8 Å². The molecule has 4 nitrogen and oxygen atoms in total. The number of nitrogens with zero attached hydrogens (tertiary/aromatic N) is 2. The van der Waals surface area contributed by atoms with Crippen LogP contribution in [0.3, 0.4) is 0 Å². The van der Waals surface area contributed by atoms with Gasteiger partial charge in [-0.2, -0.15) is 0 Å². The average molecular weight is 380 g/mol. The zero-order valence-electron chi connectivity index (χ0n) is 15.9. The maximum atomic E-state index is 13.3. The van der Waals surface area contributed by atoms with Gasteiger partial charge in [-0.3, -0.25) is 4.79 Å². The first-order chi connectivity index (χ1) is 13.7. The molecule has 1 aromatic heterocycles. The largest absolute Gasteiger partial charge is 0.378 e. The highest BCUT2D eigenvalue weighted by atomic mass is 19.1. The van der Waals surface area contributed by atoms with Gasteiger partial charge in [0, 0.05) is 36.7 Å². The number of benzene rings is 2. The van der Waals surface area contributed by atoms with E-state index in [4.69, 9.17) is 4.74 Å².